The Balaban J connectivity index is 2.04. The van der Waals surface area contributed by atoms with Gasteiger partial charge in [-0.15, -0.1) is 0 Å². The van der Waals surface area contributed by atoms with Gasteiger partial charge in [-0.1, -0.05) is 12.1 Å². The molecule has 3 nitrogen and oxygen atoms in total. The number of aliphatic hydroxyl groups excluding tert-OH is 1. The van der Waals surface area contributed by atoms with Gasteiger partial charge in [0.1, 0.15) is 11.9 Å². The summed E-state index contributed by atoms with van der Waals surface area (Å²) in [6.07, 6.45) is 0.577. The maximum absolute atomic E-state index is 13.4. The molecule has 4 heteroatoms. The van der Waals surface area contributed by atoms with Gasteiger partial charge < -0.3 is 14.3 Å². The Hall–Kier alpha value is -1.39. The first-order valence-corrected chi connectivity index (χ1v) is 6.16. The van der Waals surface area contributed by atoms with Crippen LogP contribution in [0.3, 0.4) is 0 Å². The van der Waals surface area contributed by atoms with Crippen LogP contribution in [-0.4, -0.2) is 18.3 Å². The SMILES string of the molecule is CCOCCCC(O)c1cc2cccc(F)c2o1. The highest BCUT2D eigenvalue weighted by molar-refractivity contribution is 5.78. The van der Waals surface area contributed by atoms with Gasteiger partial charge in [-0.25, -0.2) is 4.39 Å². The van der Waals surface area contributed by atoms with E-state index >= 15 is 0 Å². The zero-order valence-corrected chi connectivity index (χ0v) is 10.4. The van der Waals surface area contributed by atoms with Crippen LogP contribution in [0.2, 0.25) is 0 Å². The van der Waals surface area contributed by atoms with Gasteiger partial charge in [-0.05, 0) is 31.9 Å². The van der Waals surface area contributed by atoms with Crippen molar-refractivity contribution in [2.24, 2.45) is 0 Å². The maximum atomic E-state index is 13.4. The summed E-state index contributed by atoms with van der Waals surface area (Å²) in [5.41, 5.74) is 0.205. The van der Waals surface area contributed by atoms with Crippen molar-refractivity contribution in [1.82, 2.24) is 0 Å². The molecule has 0 spiro atoms. The van der Waals surface area contributed by atoms with Gasteiger partial charge in [0, 0.05) is 18.6 Å². The van der Waals surface area contributed by atoms with Crippen molar-refractivity contribution in [2.75, 3.05) is 13.2 Å². The van der Waals surface area contributed by atoms with Crippen molar-refractivity contribution < 1.29 is 18.7 Å². The summed E-state index contributed by atoms with van der Waals surface area (Å²) < 4.78 is 24.0. The molecule has 2 rings (SSSR count). The van der Waals surface area contributed by atoms with Crippen LogP contribution in [0, 0.1) is 5.82 Å². The molecular weight excluding hydrogens is 235 g/mol. The van der Waals surface area contributed by atoms with Crippen molar-refractivity contribution in [1.29, 1.82) is 0 Å². The first-order valence-electron chi connectivity index (χ1n) is 6.16. The number of furan rings is 1. The second kappa shape index (κ2) is 5.98. The fraction of sp³-hybridized carbons (Fsp3) is 0.429. The Morgan fingerprint density at radius 3 is 3.00 bits per heavy atom. The monoisotopic (exact) mass is 252 g/mol. The minimum atomic E-state index is -0.711. The number of hydrogen-bond donors (Lipinski definition) is 1. The molecule has 0 aliphatic heterocycles. The molecule has 1 heterocycles. The van der Waals surface area contributed by atoms with Crippen LogP contribution in [0.4, 0.5) is 4.39 Å². The van der Waals surface area contributed by atoms with E-state index in [0.29, 0.717) is 30.8 Å². The van der Waals surface area contributed by atoms with Gasteiger partial charge in [0.25, 0.3) is 0 Å². The molecule has 1 N–H and O–H groups in total. The average Bonchev–Trinajstić information content (AvgIpc) is 2.80. The third-order valence-corrected chi connectivity index (χ3v) is 2.81. The third kappa shape index (κ3) is 2.89. The Labute approximate surface area is 105 Å². The zero-order valence-electron chi connectivity index (χ0n) is 10.4. The lowest BCUT2D eigenvalue weighted by atomic mass is 10.1. The van der Waals surface area contributed by atoms with Gasteiger partial charge in [-0.3, -0.25) is 0 Å². The van der Waals surface area contributed by atoms with E-state index in [1.807, 2.05) is 6.92 Å². The molecule has 98 valence electrons. The van der Waals surface area contributed by atoms with Gasteiger partial charge in [0.05, 0.1) is 0 Å². The summed E-state index contributed by atoms with van der Waals surface area (Å²) in [6, 6.07) is 6.41. The number of aliphatic hydroxyl groups is 1. The Morgan fingerprint density at radius 1 is 1.44 bits per heavy atom. The van der Waals surface area contributed by atoms with E-state index in [1.54, 1.807) is 18.2 Å². The predicted molar refractivity (Wildman–Crippen MR) is 66.9 cm³/mol. The Bertz CT molecular complexity index is 507. The minimum Gasteiger partial charge on any atom is -0.455 e. The van der Waals surface area contributed by atoms with Crippen molar-refractivity contribution >= 4 is 11.0 Å². The number of benzene rings is 1. The molecular formula is C14H17FO3. The number of halogens is 1. The van der Waals surface area contributed by atoms with Crippen LogP contribution in [0.5, 0.6) is 0 Å². The van der Waals surface area contributed by atoms with E-state index in [0.717, 1.165) is 6.42 Å². The van der Waals surface area contributed by atoms with Crippen molar-refractivity contribution in [3.05, 3.63) is 35.8 Å². The summed E-state index contributed by atoms with van der Waals surface area (Å²) in [4.78, 5) is 0. The smallest absolute Gasteiger partial charge is 0.170 e. The van der Waals surface area contributed by atoms with E-state index in [9.17, 15) is 9.50 Å². The normalized spacial score (nSPS) is 13.1. The quantitative estimate of drug-likeness (QED) is 0.801. The van der Waals surface area contributed by atoms with E-state index in [2.05, 4.69) is 0 Å². The molecule has 1 aromatic carbocycles. The summed E-state index contributed by atoms with van der Waals surface area (Å²) in [7, 11) is 0. The molecule has 0 radical (unpaired) electrons. The molecule has 0 saturated carbocycles. The van der Waals surface area contributed by atoms with Crippen molar-refractivity contribution in [3.8, 4) is 0 Å². The van der Waals surface area contributed by atoms with Crippen molar-refractivity contribution in [2.45, 2.75) is 25.9 Å². The molecule has 0 aliphatic carbocycles. The fourth-order valence-electron chi connectivity index (χ4n) is 1.88. The highest BCUT2D eigenvalue weighted by Gasteiger charge is 2.14. The summed E-state index contributed by atoms with van der Waals surface area (Å²) in [5.74, 6) is 0.00636. The Kier molecular flexibility index (Phi) is 4.33. The van der Waals surface area contributed by atoms with Crippen LogP contribution >= 0.6 is 0 Å². The largest absolute Gasteiger partial charge is 0.455 e. The topological polar surface area (TPSA) is 42.6 Å². The molecule has 0 fully saturated rings. The fourth-order valence-corrected chi connectivity index (χ4v) is 1.88. The molecule has 0 saturated heterocycles. The van der Waals surface area contributed by atoms with Crippen LogP contribution in [0.25, 0.3) is 11.0 Å². The highest BCUT2D eigenvalue weighted by Crippen LogP contribution is 2.27. The molecule has 1 atom stereocenters. The van der Waals surface area contributed by atoms with Crippen LogP contribution in [0.1, 0.15) is 31.6 Å². The molecule has 0 bridgehead atoms. The molecule has 0 aliphatic rings. The number of fused-ring (bicyclic) bond motifs is 1. The molecule has 0 amide bonds. The molecule has 1 unspecified atom stereocenters. The zero-order chi connectivity index (χ0) is 13.0. The van der Waals surface area contributed by atoms with Crippen LogP contribution < -0.4 is 0 Å². The molecule has 2 aromatic rings. The van der Waals surface area contributed by atoms with Gasteiger partial charge in [0.2, 0.25) is 0 Å². The first-order chi connectivity index (χ1) is 8.72. The maximum Gasteiger partial charge on any atom is 0.170 e. The summed E-state index contributed by atoms with van der Waals surface area (Å²) in [6.45, 7) is 3.21. The lowest BCUT2D eigenvalue weighted by Gasteiger charge is -2.06. The predicted octanol–water partition coefficient (Wildman–Crippen LogP) is 3.42. The van der Waals surface area contributed by atoms with Crippen molar-refractivity contribution in [3.63, 3.8) is 0 Å². The van der Waals surface area contributed by atoms with E-state index < -0.39 is 11.9 Å². The van der Waals surface area contributed by atoms with Gasteiger partial charge in [-0.2, -0.15) is 0 Å². The summed E-state index contributed by atoms with van der Waals surface area (Å²) >= 11 is 0. The standard InChI is InChI=1S/C14H17FO3/c1-2-17-8-4-7-12(16)13-9-10-5-3-6-11(15)14(10)18-13/h3,5-6,9,12,16H,2,4,7-8H2,1H3. The Morgan fingerprint density at radius 2 is 2.28 bits per heavy atom. The number of para-hydroxylation sites is 1. The number of ether oxygens (including phenoxy) is 1. The summed E-state index contributed by atoms with van der Waals surface area (Å²) in [5, 5.41) is 10.6. The second-order valence-electron chi connectivity index (χ2n) is 4.16. The van der Waals surface area contributed by atoms with E-state index in [1.165, 1.54) is 6.07 Å². The molecule has 1 aromatic heterocycles. The third-order valence-electron chi connectivity index (χ3n) is 2.81. The van der Waals surface area contributed by atoms with E-state index in [4.69, 9.17) is 9.15 Å². The molecule has 18 heavy (non-hydrogen) atoms. The second-order valence-corrected chi connectivity index (χ2v) is 4.16. The highest BCUT2D eigenvalue weighted by atomic mass is 19.1. The van der Waals surface area contributed by atoms with Crippen LogP contribution in [-0.2, 0) is 4.74 Å². The van der Waals surface area contributed by atoms with Gasteiger partial charge in [0.15, 0.2) is 11.4 Å². The first kappa shape index (κ1) is 13.1. The lowest BCUT2D eigenvalue weighted by molar-refractivity contribution is 0.104. The number of hydrogen-bond acceptors (Lipinski definition) is 3. The lowest BCUT2D eigenvalue weighted by Crippen LogP contribution is -1.99. The average molecular weight is 252 g/mol. The van der Waals surface area contributed by atoms with E-state index in [-0.39, 0.29) is 5.58 Å². The minimum absolute atomic E-state index is 0.205. The van der Waals surface area contributed by atoms with Crippen LogP contribution in [0.15, 0.2) is 28.7 Å². The van der Waals surface area contributed by atoms with Gasteiger partial charge >= 0.3 is 0 Å². The number of rotatable bonds is 6.